The highest BCUT2D eigenvalue weighted by atomic mass is 79.9. The van der Waals surface area contributed by atoms with Crippen LogP contribution in [-0.4, -0.2) is 20.0 Å². The van der Waals surface area contributed by atoms with Gasteiger partial charge in [-0.1, -0.05) is 13.3 Å². The number of hydrogen-bond donors (Lipinski definition) is 0. The largest absolute Gasteiger partial charge is 0.493 e. The summed E-state index contributed by atoms with van der Waals surface area (Å²) < 4.78 is 11.1. The Balaban J connectivity index is 3.03. The van der Waals surface area contributed by atoms with Gasteiger partial charge in [-0.15, -0.1) is 0 Å². The number of carbonyl (C=O) groups is 1. The molecule has 0 N–H and O–H groups in total. The summed E-state index contributed by atoms with van der Waals surface area (Å²) in [6.07, 6.45) is 2.47. The Morgan fingerprint density at radius 1 is 1.24 bits per heavy atom. The maximum atomic E-state index is 12.0. The predicted molar refractivity (Wildman–Crippen MR) is 71.1 cm³/mol. The first-order valence-electron chi connectivity index (χ1n) is 5.58. The number of rotatable bonds is 6. The average molecular weight is 301 g/mol. The van der Waals surface area contributed by atoms with Crippen molar-refractivity contribution in [1.82, 2.24) is 0 Å². The van der Waals surface area contributed by atoms with Gasteiger partial charge >= 0.3 is 0 Å². The van der Waals surface area contributed by atoms with Crippen molar-refractivity contribution in [3.8, 4) is 11.5 Å². The first-order valence-corrected chi connectivity index (χ1v) is 6.38. The van der Waals surface area contributed by atoms with Crippen molar-refractivity contribution in [3.63, 3.8) is 0 Å². The molecule has 1 rings (SSSR count). The Morgan fingerprint density at radius 2 is 1.82 bits per heavy atom. The van der Waals surface area contributed by atoms with Gasteiger partial charge in [0.15, 0.2) is 17.3 Å². The van der Waals surface area contributed by atoms with Gasteiger partial charge in [-0.2, -0.15) is 0 Å². The Morgan fingerprint density at radius 3 is 2.35 bits per heavy atom. The molecule has 1 aromatic carbocycles. The molecule has 0 saturated heterocycles. The molecule has 0 bridgehead atoms. The normalized spacial score (nSPS) is 10.1. The summed E-state index contributed by atoms with van der Waals surface area (Å²) in [6, 6.07) is 3.49. The molecule has 0 fully saturated rings. The lowest BCUT2D eigenvalue weighted by atomic mass is 10.1. The molecule has 0 radical (unpaired) electrons. The second kappa shape index (κ2) is 6.64. The lowest BCUT2D eigenvalue weighted by molar-refractivity contribution is 0.0978. The van der Waals surface area contributed by atoms with Gasteiger partial charge in [0.1, 0.15) is 0 Å². The van der Waals surface area contributed by atoms with Crippen LogP contribution in [0, 0.1) is 0 Å². The zero-order valence-corrected chi connectivity index (χ0v) is 12.0. The van der Waals surface area contributed by atoms with E-state index in [9.17, 15) is 4.79 Å². The highest BCUT2D eigenvalue weighted by molar-refractivity contribution is 9.10. The fourth-order valence-corrected chi connectivity index (χ4v) is 2.08. The van der Waals surface area contributed by atoms with Crippen molar-refractivity contribution in [2.24, 2.45) is 0 Å². The van der Waals surface area contributed by atoms with E-state index in [4.69, 9.17) is 9.47 Å². The molecule has 17 heavy (non-hydrogen) atoms. The van der Waals surface area contributed by atoms with Crippen LogP contribution < -0.4 is 9.47 Å². The van der Waals surface area contributed by atoms with Gasteiger partial charge in [0.25, 0.3) is 0 Å². The number of halogens is 1. The maximum absolute atomic E-state index is 12.0. The van der Waals surface area contributed by atoms with E-state index in [0.717, 1.165) is 17.3 Å². The quantitative estimate of drug-likeness (QED) is 0.749. The monoisotopic (exact) mass is 300 g/mol. The van der Waals surface area contributed by atoms with E-state index in [1.807, 2.05) is 0 Å². The summed E-state index contributed by atoms with van der Waals surface area (Å²) in [5.41, 5.74) is 0.649. The summed E-state index contributed by atoms with van der Waals surface area (Å²) in [5.74, 6) is 1.32. The summed E-state index contributed by atoms with van der Waals surface area (Å²) in [5, 5.41) is 0. The molecule has 3 nitrogen and oxygen atoms in total. The minimum Gasteiger partial charge on any atom is -0.493 e. The van der Waals surface area contributed by atoms with Crippen LogP contribution in [0.2, 0.25) is 0 Å². The van der Waals surface area contributed by atoms with Crippen molar-refractivity contribution >= 4 is 21.7 Å². The van der Waals surface area contributed by atoms with Gasteiger partial charge in [0.05, 0.1) is 14.2 Å². The van der Waals surface area contributed by atoms with E-state index in [1.54, 1.807) is 26.4 Å². The van der Waals surface area contributed by atoms with Gasteiger partial charge in [-0.05, 0) is 34.5 Å². The highest BCUT2D eigenvalue weighted by Crippen LogP contribution is 2.33. The molecule has 0 aliphatic heterocycles. The molecule has 94 valence electrons. The molecule has 0 spiro atoms. The van der Waals surface area contributed by atoms with E-state index in [1.165, 1.54) is 0 Å². The van der Waals surface area contributed by atoms with Gasteiger partial charge < -0.3 is 9.47 Å². The Labute approximate surface area is 110 Å². The topological polar surface area (TPSA) is 35.5 Å². The first-order chi connectivity index (χ1) is 8.13. The molecule has 0 unspecified atom stereocenters. The van der Waals surface area contributed by atoms with Gasteiger partial charge in [0.2, 0.25) is 0 Å². The third kappa shape index (κ3) is 3.46. The molecule has 0 heterocycles. The van der Waals surface area contributed by atoms with Crippen molar-refractivity contribution in [1.29, 1.82) is 0 Å². The number of unbranched alkanes of at least 4 members (excludes halogenated alkanes) is 1. The third-order valence-corrected chi connectivity index (χ3v) is 3.19. The van der Waals surface area contributed by atoms with Gasteiger partial charge in [0, 0.05) is 16.5 Å². The van der Waals surface area contributed by atoms with Crippen LogP contribution in [0.25, 0.3) is 0 Å². The van der Waals surface area contributed by atoms with E-state index in [0.29, 0.717) is 23.5 Å². The van der Waals surface area contributed by atoms with Crippen LogP contribution in [0.1, 0.15) is 36.5 Å². The number of carbonyl (C=O) groups excluding carboxylic acids is 1. The lowest BCUT2D eigenvalue weighted by Crippen LogP contribution is -2.02. The molecule has 0 saturated carbocycles. The van der Waals surface area contributed by atoms with Crippen LogP contribution in [0.4, 0.5) is 0 Å². The summed E-state index contributed by atoms with van der Waals surface area (Å²) in [4.78, 5) is 12.0. The second-order valence-electron chi connectivity index (χ2n) is 3.71. The third-order valence-electron chi connectivity index (χ3n) is 2.53. The standard InChI is InChI=1S/C13H17BrO3/c1-4-5-6-11(15)9-7-12(16-2)13(17-3)8-10(9)14/h7-8H,4-6H2,1-3H3. The summed E-state index contributed by atoms with van der Waals surface area (Å²) in [6.45, 7) is 2.07. The number of methoxy groups -OCH3 is 2. The zero-order chi connectivity index (χ0) is 12.8. The van der Waals surface area contributed by atoms with E-state index in [-0.39, 0.29) is 5.78 Å². The molecule has 0 aliphatic rings. The van der Waals surface area contributed by atoms with Crippen molar-refractivity contribution < 1.29 is 14.3 Å². The number of Topliss-reactive ketones (excluding diaryl/α,β-unsaturated/α-hetero) is 1. The van der Waals surface area contributed by atoms with Gasteiger partial charge in [-0.3, -0.25) is 4.79 Å². The minimum absolute atomic E-state index is 0.125. The first kappa shape index (κ1) is 14.0. The maximum Gasteiger partial charge on any atom is 0.164 e. The van der Waals surface area contributed by atoms with Crippen LogP contribution >= 0.6 is 15.9 Å². The molecule has 0 aromatic heterocycles. The van der Waals surface area contributed by atoms with Crippen LogP contribution in [0.15, 0.2) is 16.6 Å². The Bertz CT molecular complexity index is 402. The number of ether oxygens (including phenoxy) is 2. The molecule has 4 heteroatoms. The number of hydrogen-bond acceptors (Lipinski definition) is 3. The molecule has 0 amide bonds. The summed E-state index contributed by atoms with van der Waals surface area (Å²) in [7, 11) is 3.13. The van der Waals surface area contributed by atoms with E-state index < -0.39 is 0 Å². The minimum atomic E-state index is 0.125. The van der Waals surface area contributed by atoms with E-state index >= 15 is 0 Å². The smallest absolute Gasteiger partial charge is 0.164 e. The SMILES string of the molecule is CCCCC(=O)c1cc(OC)c(OC)cc1Br. The van der Waals surface area contributed by atoms with Crippen LogP contribution in [0.5, 0.6) is 11.5 Å². The average Bonchev–Trinajstić information content (AvgIpc) is 2.35. The molecule has 1 aromatic rings. The molecular weight excluding hydrogens is 284 g/mol. The Hall–Kier alpha value is -1.03. The van der Waals surface area contributed by atoms with Gasteiger partial charge in [-0.25, -0.2) is 0 Å². The number of benzene rings is 1. The van der Waals surface area contributed by atoms with Crippen molar-refractivity contribution in [2.45, 2.75) is 26.2 Å². The zero-order valence-electron chi connectivity index (χ0n) is 10.4. The van der Waals surface area contributed by atoms with Crippen LogP contribution in [0.3, 0.4) is 0 Å². The fourth-order valence-electron chi connectivity index (χ4n) is 1.54. The van der Waals surface area contributed by atoms with Crippen LogP contribution in [-0.2, 0) is 0 Å². The molecule has 0 aliphatic carbocycles. The second-order valence-corrected chi connectivity index (χ2v) is 4.57. The Kier molecular flexibility index (Phi) is 5.48. The highest BCUT2D eigenvalue weighted by Gasteiger charge is 2.14. The van der Waals surface area contributed by atoms with E-state index in [2.05, 4.69) is 22.9 Å². The predicted octanol–water partition coefficient (Wildman–Crippen LogP) is 3.84. The summed E-state index contributed by atoms with van der Waals surface area (Å²) >= 11 is 3.39. The molecular formula is C13H17BrO3. The fraction of sp³-hybridized carbons (Fsp3) is 0.462. The van der Waals surface area contributed by atoms with Crippen molar-refractivity contribution in [3.05, 3.63) is 22.2 Å². The van der Waals surface area contributed by atoms with Crippen molar-refractivity contribution in [2.75, 3.05) is 14.2 Å². The number of ketones is 1. The molecule has 0 atom stereocenters. The lowest BCUT2D eigenvalue weighted by Gasteiger charge is -2.11.